The molecule has 2 aliphatic carbocycles. The zero-order valence-corrected chi connectivity index (χ0v) is 13.2. The molecule has 2 aliphatic rings. The first-order valence-corrected chi connectivity index (χ1v) is 8.05. The summed E-state index contributed by atoms with van der Waals surface area (Å²) in [5.41, 5.74) is 6.34. The van der Waals surface area contributed by atoms with E-state index < -0.39 is 0 Å². The molecule has 0 nitrogen and oxygen atoms in total. The van der Waals surface area contributed by atoms with Gasteiger partial charge in [-0.3, -0.25) is 0 Å². The van der Waals surface area contributed by atoms with Crippen LogP contribution in [0.4, 0.5) is 0 Å². The molecule has 4 rings (SSSR count). The molecular weight excluding hydrogens is 276 g/mol. The van der Waals surface area contributed by atoms with Gasteiger partial charge in [0.15, 0.2) is 0 Å². The van der Waals surface area contributed by atoms with Crippen LogP contribution in [0.5, 0.6) is 0 Å². The van der Waals surface area contributed by atoms with Gasteiger partial charge in [0.05, 0.1) is 5.41 Å². The van der Waals surface area contributed by atoms with E-state index in [0.717, 1.165) is 0 Å². The van der Waals surface area contributed by atoms with Crippen molar-refractivity contribution in [3.63, 3.8) is 0 Å². The van der Waals surface area contributed by atoms with E-state index in [9.17, 15) is 0 Å². The van der Waals surface area contributed by atoms with Crippen molar-refractivity contribution in [3.05, 3.63) is 125 Å². The second-order valence-electron chi connectivity index (χ2n) is 6.16. The van der Waals surface area contributed by atoms with Crippen molar-refractivity contribution in [2.75, 3.05) is 0 Å². The lowest BCUT2D eigenvalue weighted by Crippen LogP contribution is -2.27. The summed E-state index contributed by atoms with van der Waals surface area (Å²) < 4.78 is 0. The fraction of sp³-hybridized carbons (Fsp3) is 0.0870. The van der Waals surface area contributed by atoms with Crippen LogP contribution >= 0.6 is 0 Å². The van der Waals surface area contributed by atoms with Crippen LogP contribution < -0.4 is 0 Å². The van der Waals surface area contributed by atoms with Gasteiger partial charge in [0.1, 0.15) is 0 Å². The smallest absolute Gasteiger partial charge is 0.0638 e. The maximum atomic E-state index is 2.33. The number of hydrogen-bond acceptors (Lipinski definition) is 0. The molecule has 0 unspecified atom stereocenters. The molecule has 0 heterocycles. The van der Waals surface area contributed by atoms with Gasteiger partial charge < -0.3 is 0 Å². The molecule has 0 aliphatic heterocycles. The number of hydrogen-bond donors (Lipinski definition) is 0. The first kappa shape index (κ1) is 14.0. The maximum absolute atomic E-state index is 2.33. The van der Waals surface area contributed by atoms with Gasteiger partial charge in [-0.1, -0.05) is 96.6 Å². The SMILES string of the molecule is CC1=CC2=C([CH]1)C=CC=CC2(c1ccccc1)c1ccccc1. The Hall–Kier alpha value is -2.60. The van der Waals surface area contributed by atoms with E-state index in [4.69, 9.17) is 0 Å². The van der Waals surface area contributed by atoms with Crippen molar-refractivity contribution in [2.45, 2.75) is 12.3 Å². The summed E-state index contributed by atoms with van der Waals surface area (Å²) in [7, 11) is 0. The summed E-state index contributed by atoms with van der Waals surface area (Å²) in [6.45, 7) is 2.17. The Kier molecular flexibility index (Phi) is 3.38. The Balaban J connectivity index is 2.06. The van der Waals surface area contributed by atoms with Crippen LogP contribution in [0.2, 0.25) is 0 Å². The van der Waals surface area contributed by atoms with Gasteiger partial charge in [0.25, 0.3) is 0 Å². The van der Waals surface area contributed by atoms with E-state index in [1.54, 1.807) is 0 Å². The quantitative estimate of drug-likeness (QED) is 0.680. The van der Waals surface area contributed by atoms with Gasteiger partial charge in [-0.05, 0) is 29.2 Å². The summed E-state index contributed by atoms with van der Waals surface area (Å²) >= 11 is 0. The van der Waals surface area contributed by atoms with Crippen molar-refractivity contribution in [3.8, 4) is 0 Å². The molecule has 2 aromatic rings. The van der Waals surface area contributed by atoms with Crippen molar-refractivity contribution in [1.82, 2.24) is 0 Å². The number of benzene rings is 2. The lowest BCUT2D eigenvalue weighted by Gasteiger charge is -2.33. The number of rotatable bonds is 2. The van der Waals surface area contributed by atoms with Gasteiger partial charge in [-0.25, -0.2) is 0 Å². The minimum absolute atomic E-state index is 0.240. The second kappa shape index (κ2) is 5.55. The Morgan fingerprint density at radius 2 is 1.35 bits per heavy atom. The monoisotopic (exact) mass is 295 g/mol. The van der Waals surface area contributed by atoms with Crippen molar-refractivity contribution in [1.29, 1.82) is 0 Å². The highest BCUT2D eigenvalue weighted by Gasteiger charge is 2.38. The van der Waals surface area contributed by atoms with Crippen molar-refractivity contribution in [2.24, 2.45) is 0 Å². The molecule has 0 saturated carbocycles. The Morgan fingerprint density at radius 3 is 1.96 bits per heavy atom. The standard InChI is InChI=1S/C23H19/c1-18-16-19-10-8-9-15-23(22(19)17-18,20-11-4-2-5-12-20)21-13-6-3-7-14-21/h2-17H,1H3. The molecule has 0 heteroatoms. The lowest BCUT2D eigenvalue weighted by atomic mass is 9.68. The average molecular weight is 295 g/mol. The molecular formula is C23H19. The van der Waals surface area contributed by atoms with Gasteiger partial charge in [0.2, 0.25) is 0 Å². The summed E-state index contributed by atoms with van der Waals surface area (Å²) in [4.78, 5) is 0. The molecule has 1 radical (unpaired) electrons. The first-order chi connectivity index (χ1) is 11.3. The minimum Gasteiger partial charge on any atom is -0.0652 e. The lowest BCUT2D eigenvalue weighted by molar-refractivity contribution is 0.776. The van der Waals surface area contributed by atoms with Crippen LogP contribution in [0, 0.1) is 6.42 Å². The first-order valence-electron chi connectivity index (χ1n) is 8.05. The van der Waals surface area contributed by atoms with Crippen LogP contribution in [0.1, 0.15) is 18.1 Å². The Labute approximate surface area is 138 Å². The minimum atomic E-state index is -0.240. The van der Waals surface area contributed by atoms with Crippen LogP contribution in [0.15, 0.2) is 108 Å². The van der Waals surface area contributed by atoms with Crippen molar-refractivity contribution >= 4 is 0 Å². The van der Waals surface area contributed by atoms with E-state index in [-0.39, 0.29) is 5.41 Å². The summed E-state index contributed by atoms with van der Waals surface area (Å²) in [6.07, 6.45) is 13.5. The summed E-state index contributed by atoms with van der Waals surface area (Å²) in [5.74, 6) is 0. The van der Waals surface area contributed by atoms with Crippen molar-refractivity contribution < 1.29 is 0 Å². The highest BCUT2D eigenvalue weighted by Crippen LogP contribution is 2.47. The molecule has 0 fully saturated rings. The van der Waals surface area contributed by atoms with Crippen LogP contribution in [-0.4, -0.2) is 0 Å². The molecule has 0 saturated heterocycles. The largest absolute Gasteiger partial charge is 0.0652 e. The Morgan fingerprint density at radius 1 is 0.739 bits per heavy atom. The zero-order chi connectivity index (χ0) is 15.7. The van der Waals surface area contributed by atoms with E-state index in [1.807, 2.05) is 0 Å². The molecule has 0 amide bonds. The second-order valence-corrected chi connectivity index (χ2v) is 6.16. The van der Waals surface area contributed by atoms with Gasteiger partial charge >= 0.3 is 0 Å². The van der Waals surface area contributed by atoms with Gasteiger partial charge in [-0.2, -0.15) is 0 Å². The molecule has 0 N–H and O–H groups in total. The third-order valence-electron chi connectivity index (χ3n) is 4.68. The molecule has 0 spiro atoms. The highest BCUT2D eigenvalue weighted by atomic mass is 14.4. The fourth-order valence-electron chi connectivity index (χ4n) is 3.68. The van der Waals surface area contributed by atoms with Crippen LogP contribution in [-0.2, 0) is 5.41 Å². The van der Waals surface area contributed by atoms with Crippen LogP contribution in [0.3, 0.4) is 0 Å². The molecule has 2 aromatic carbocycles. The number of allylic oxidation sites excluding steroid dienone is 8. The molecule has 0 aromatic heterocycles. The van der Waals surface area contributed by atoms with E-state index in [2.05, 4.69) is 104 Å². The normalized spacial score (nSPS) is 18.6. The predicted molar refractivity (Wildman–Crippen MR) is 97.0 cm³/mol. The molecule has 0 bridgehead atoms. The van der Waals surface area contributed by atoms with Gasteiger partial charge in [-0.15, -0.1) is 0 Å². The van der Waals surface area contributed by atoms with E-state index in [1.165, 1.54) is 27.8 Å². The predicted octanol–water partition coefficient (Wildman–Crippen LogP) is 5.56. The topological polar surface area (TPSA) is 0 Å². The fourth-order valence-corrected chi connectivity index (χ4v) is 3.68. The summed E-state index contributed by atoms with van der Waals surface area (Å²) in [6, 6.07) is 21.6. The van der Waals surface area contributed by atoms with Crippen LogP contribution in [0.25, 0.3) is 0 Å². The third kappa shape index (κ3) is 2.22. The third-order valence-corrected chi connectivity index (χ3v) is 4.68. The van der Waals surface area contributed by atoms with Gasteiger partial charge in [0, 0.05) is 6.42 Å². The summed E-state index contributed by atoms with van der Waals surface area (Å²) in [5, 5.41) is 0. The van der Waals surface area contributed by atoms with E-state index in [0.29, 0.717) is 0 Å². The molecule has 23 heavy (non-hydrogen) atoms. The van der Waals surface area contributed by atoms with E-state index >= 15 is 0 Å². The Bertz CT molecular complexity index is 791. The maximum Gasteiger partial charge on any atom is 0.0638 e. The highest BCUT2D eigenvalue weighted by molar-refractivity contribution is 5.67. The zero-order valence-electron chi connectivity index (χ0n) is 13.2. The molecule has 111 valence electrons. The average Bonchev–Trinajstić information content (AvgIpc) is 2.89. The molecule has 0 atom stereocenters.